The third-order valence-electron chi connectivity index (χ3n) is 2.66. The maximum Gasteiger partial charge on any atom is 0.339 e. The van der Waals surface area contributed by atoms with Crippen molar-refractivity contribution in [3.05, 3.63) is 33.9 Å². The van der Waals surface area contributed by atoms with Gasteiger partial charge in [-0.25, -0.2) is 4.79 Å². The van der Waals surface area contributed by atoms with Crippen LogP contribution < -0.4 is 4.74 Å². The molecule has 1 aromatic carbocycles. The molecule has 0 bridgehead atoms. The van der Waals surface area contributed by atoms with Crippen LogP contribution in [-0.2, 0) is 4.79 Å². The van der Waals surface area contributed by atoms with Gasteiger partial charge in [-0.1, -0.05) is 6.07 Å². The Balaban J connectivity index is 3.06. The van der Waals surface area contributed by atoms with Crippen LogP contribution in [0.15, 0.2) is 18.2 Å². The lowest BCUT2D eigenvalue weighted by Gasteiger charge is -2.15. The van der Waals surface area contributed by atoms with E-state index in [1.165, 1.54) is 17.0 Å². The van der Waals surface area contributed by atoms with E-state index in [9.17, 15) is 19.7 Å². The Hall–Kier alpha value is -2.64. The fourth-order valence-electron chi connectivity index (χ4n) is 1.41. The molecule has 8 heteroatoms. The summed E-state index contributed by atoms with van der Waals surface area (Å²) in [6, 6.07) is 3.54. The average Bonchev–Trinajstić information content (AvgIpc) is 2.42. The maximum atomic E-state index is 11.6. The van der Waals surface area contributed by atoms with Gasteiger partial charge in [-0.2, -0.15) is 0 Å². The molecule has 108 valence electrons. The number of amides is 1. The summed E-state index contributed by atoms with van der Waals surface area (Å²) in [6.07, 6.45) is 0. The number of carbonyl (C=O) groups excluding carboxylic acids is 1. The summed E-state index contributed by atoms with van der Waals surface area (Å²) in [4.78, 5) is 34.1. The van der Waals surface area contributed by atoms with Crippen molar-refractivity contribution < 1.29 is 24.4 Å². The van der Waals surface area contributed by atoms with Crippen LogP contribution in [0.3, 0.4) is 0 Å². The second-order valence-electron chi connectivity index (χ2n) is 3.91. The van der Waals surface area contributed by atoms with Gasteiger partial charge in [0, 0.05) is 19.7 Å². The van der Waals surface area contributed by atoms with Crippen molar-refractivity contribution in [2.45, 2.75) is 6.92 Å². The minimum atomic E-state index is -1.36. The maximum absolute atomic E-state index is 11.6. The van der Waals surface area contributed by atoms with Crippen molar-refractivity contribution >= 4 is 17.6 Å². The number of benzene rings is 1. The number of hydrogen-bond donors (Lipinski definition) is 1. The lowest BCUT2D eigenvalue weighted by Crippen LogP contribution is -2.31. The van der Waals surface area contributed by atoms with E-state index < -0.39 is 34.8 Å². The smallest absolute Gasteiger partial charge is 0.339 e. The molecule has 0 fully saturated rings. The van der Waals surface area contributed by atoms with E-state index in [0.29, 0.717) is 6.54 Å². The number of carboxylic acid groups (broad SMARTS) is 1. The normalized spacial score (nSPS) is 9.90. The molecular formula is C12H14N2O6. The quantitative estimate of drug-likeness (QED) is 0.619. The summed E-state index contributed by atoms with van der Waals surface area (Å²) in [5, 5.41) is 19.9. The second-order valence-corrected chi connectivity index (χ2v) is 3.91. The lowest BCUT2D eigenvalue weighted by atomic mass is 10.1. The van der Waals surface area contributed by atoms with Gasteiger partial charge in [-0.05, 0) is 13.0 Å². The highest BCUT2D eigenvalue weighted by molar-refractivity contribution is 5.92. The first-order chi connectivity index (χ1) is 9.38. The Morgan fingerprint density at radius 3 is 2.60 bits per heavy atom. The molecule has 1 aromatic rings. The van der Waals surface area contributed by atoms with Crippen molar-refractivity contribution in [1.82, 2.24) is 4.90 Å². The zero-order valence-corrected chi connectivity index (χ0v) is 11.0. The monoisotopic (exact) mass is 282 g/mol. The first-order valence-corrected chi connectivity index (χ1v) is 5.76. The highest BCUT2D eigenvalue weighted by Crippen LogP contribution is 2.30. The van der Waals surface area contributed by atoms with Gasteiger partial charge in [0.05, 0.1) is 4.92 Å². The van der Waals surface area contributed by atoms with E-state index in [4.69, 9.17) is 9.84 Å². The minimum absolute atomic E-state index is 0.355. The molecule has 1 rings (SSSR count). The molecule has 0 aliphatic rings. The van der Waals surface area contributed by atoms with Gasteiger partial charge in [0.15, 0.2) is 6.61 Å². The van der Waals surface area contributed by atoms with Gasteiger partial charge >= 0.3 is 11.7 Å². The van der Waals surface area contributed by atoms with E-state index >= 15 is 0 Å². The van der Waals surface area contributed by atoms with Crippen LogP contribution in [0.5, 0.6) is 5.75 Å². The predicted octanol–water partition coefficient (Wildman–Crippen LogP) is 1.15. The Kier molecular flexibility index (Phi) is 5.01. The number of nitro benzene ring substituents is 1. The fourth-order valence-corrected chi connectivity index (χ4v) is 1.41. The Morgan fingerprint density at radius 1 is 1.45 bits per heavy atom. The molecular weight excluding hydrogens is 268 g/mol. The van der Waals surface area contributed by atoms with E-state index in [1.807, 2.05) is 0 Å². The van der Waals surface area contributed by atoms with Crippen molar-refractivity contribution in [2.75, 3.05) is 20.2 Å². The number of nitro groups is 1. The first kappa shape index (κ1) is 15.4. The van der Waals surface area contributed by atoms with Crippen LogP contribution in [0.2, 0.25) is 0 Å². The number of ether oxygens (including phenoxy) is 1. The third-order valence-corrected chi connectivity index (χ3v) is 2.66. The highest BCUT2D eigenvalue weighted by Gasteiger charge is 2.24. The van der Waals surface area contributed by atoms with Crippen molar-refractivity contribution in [3.8, 4) is 5.75 Å². The van der Waals surface area contributed by atoms with Crippen molar-refractivity contribution in [1.29, 1.82) is 0 Å². The zero-order valence-electron chi connectivity index (χ0n) is 11.0. The number of nitrogens with zero attached hydrogens (tertiary/aromatic N) is 2. The molecule has 0 heterocycles. The van der Waals surface area contributed by atoms with E-state index in [2.05, 4.69) is 0 Å². The van der Waals surface area contributed by atoms with E-state index in [-0.39, 0.29) is 5.56 Å². The van der Waals surface area contributed by atoms with Crippen molar-refractivity contribution in [2.24, 2.45) is 0 Å². The number of carbonyl (C=O) groups is 2. The number of rotatable bonds is 6. The van der Waals surface area contributed by atoms with Gasteiger partial charge in [-0.15, -0.1) is 0 Å². The SMILES string of the molecule is CCN(C)C(=O)COc1c(C(=O)O)cccc1[N+](=O)[O-]. The standard InChI is InChI=1S/C12H14N2O6/c1-3-13(2)10(15)7-20-11-8(12(16)17)5-4-6-9(11)14(18)19/h4-6H,3,7H2,1-2H3,(H,16,17). The number of para-hydroxylation sites is 1. The average molecular weight is 282 g/mol. The van der Waals surface area contributed by atoms with Crippen LogP contribution in [0.1, 0.15) is 17.3 Å². The first-order valence-electron chi connectivity index (χ1n) is 5.76. The van der Waals surface area contributed by atoms with Crippen LogP contribution in [0, 0.1) is 10.1 Å². The highest BCUT2D eigenvalue weighted by atomic mass is 16.6. The van der Waals surface area contributed by atoms with Crippen molar-refractivity contribution in [3.63, 3.8) is 0 Å². The molecule has 0 saturated carbocycles. The van der Waals surface area contributed by atoms with Gasteiger partial charge in [-0.3, -0.25) is 14.9 Å². The predicted molar refractivity (Wildman–Crippen MR) is 68.9 cm³/mol. The summed E-state index contributed by atoms with van der Waals surface area (Å²) in [5.74, 6) is -2.18. The molecule has 0 radical (unpaired) electrons. The van der Waals surface area contributed by atoms with Gasteiger partial charge in [0.25, 0.3) is 5.91 Å². The van der Waals surface area contributed by atoms with E-state index in [1.54, 1.807) is 14.0 Å². The van der Waals surface area contributed by atoms with Crippen LogP contribution >= 0.6 is 0 Å². The number of likely N-dealkylation sites (N-methyl/N-ethyl adjacent to an activating group) is 1. The third kappa shape index (κ3) is 3.44. The summed E-state index contributed by atoms with van der Waals surface area (Å²) in [7, 11) is 1.54. The molecule has 1 amide bonds. The lowest BCUT2D eigenvalue weighted by molar-refractivity contribution is -0.385. The minimum Gasteiger partial charge on any atom is -0.478 e. The molecule has 0 aliphatic heterocycles. The van der Waals surface area contributed by atoms with Gasteiger partial charge in [0.1, 0.15) is 5.56 Å². The summed E-state index contributed by atoms with van der Waals surface area (Å²) in [6.45, 7) is 1.74. The molecule has 0 unspecified atom stereocenters. The largest absolute Gasteiger partial charge is 0.478 e. The van der Waals surface area contributed by atoms with Gasteiger partial charge in [0.2, 0.25) is 5.75 Å². The Labute approximate surface area is 114 Å². The zero-order chi connectivity index (χ0) is 15.3. The summed E-state index contributed by atoms with van der Waals surface area (Å²) < 4.78 is 5.06. The molecule has 1 N–H and O–H groups in total. The van der Waals surface area contributed by atoms with Gasteiger partial charge < -0.3 is 14.7 Å². The molecule has 8 nitrogen and oxygen atoms in total. The van der Waals surface area contributed by atoms with Crippen LogP contribution in [0.25, 0.3) is 0 Å². The molecule has 20 heavy (non-hydrogen) atoms. The number of hydrogen-bond acceptors (Lipinski definition) is 5. The fraction of sp³-hybridized carbons (Fsp3) is 0.333. The molecule has 0 atom stereocenters. The van der Waals surface area contributed by atoms with E-state index in [0.717, 1.165) is 6.07 Å². The number of aromatic carboxylic acids is 1. The van der Waals surface area contributed by atoms with Crippen LogP contribution in [-0.4, -0.2) is 47.0 Å². The number of carboxylic acids is 1. The topological polar surface area (TPSA) is 110 Å². The molecule has 0 aromatic heterocycles. The summed E-state index contributed by atoms with van der Waals surface area (Å²) >= 11 is 0. The Morgan fingerprint density at radius 2 is 2.10 bits per heavy atom. The molecule has 0 aliphatic carbocycles. The second kappa shape index (κ2) is 6.50. The summed E-state index contributed by atoms with van der Waals surface area (Å²) in [5.41, 5.74) is -0.844. The molecule has 0 spiro atoms. The Bertz CT molecular complexity index is 510. The van der Waals surface area contributed by atoms with Crippen LogP contribution in [0.4, 0.5) is 5.69 Å². The molecule has 0 saturated heterocycles.